The molecule has 4 heteroatoms. The van der Waals surface area contributed by atoms with Crippen LogP contribution in [0.4, 0.5) is 0 Å². The van der Waals surface area contributed by atoms with Crippen LogP contribution in [0.2, 0.25) is 0 Å². The van der Waals surface area contributed by atoms with Crippen molar-refractivity contribution in [3.8, 4) is 0 Å². The van der Waals surface area contributed by atoms with Crippen LogP contribution < -0.4 is 5.49 Å². The minimum Gasteiger partial charge on any atom is -0.459 e. The van der Waals surface area contributed by atoms with Crippen molar-refractivity contribution in [3.63, 3.8) is 0 Å². The molecule has 0 N–H and O–H groups in total. The van der Waals surface area contributed by atoms with E-state index in [0.717, 1.165) is 5.56 Å². The van der Waals surface area contributed by atoms with Gasteiger partial charge in [-0.2, -0.15) is 4.99 Å². The monoisotopic (exact) mass is 292 g/mol. The number of benzene rings is 1. The Hall–Kier alpha value is -2.88. The van der Waals surface area contributed by atoms with Crippen LogP contribution in [0.5, 0.6) is 0 Å². The van der Waals surface area contributed by atoms with Crippen LogP contribution in [0.1, 0.15) is 21.7 Å². The van der Waals surface area contributed by atoms with Crippen LogP contribution in [-0.4, -0.2) is 10.5 Å². The lowest BCUT2D eigenvalue weighted by atomic mass is 10.1. The van der Waals surface area contributed by atoms with Crippen molar-refractivity contribution in [1.29, 1.82) is 0 Å². The molecule has 2 heterocycles. The lowest BCUT2D eigenvalue weighted by Crippen LogP contribution is -2.22. The minimum atomic E-state index is -0.381. The van der Waals surface area contributed by atoms with Gasteiger partial charge >= 0.3 is 5.91 Å². The molecule has 0 radical (unpaired) electrons. The largest absolute Gasteiger partial charge is 0.459 e. The average molecular weight is 292 g/mol. The second-order valence-corrected chi connectivity index (χ2v) is 5.07. The summed E-state index contributed by atoms with van der Waals surface area (Å²) in [7, 11) is 0. The molecular weight excluding hydrogens is 276 g/mol. The Bertz CT molecular complexity index is 828. The van der Waals surface area contributed by atoms with Gasteiger partial charge in [-0.1, -0.05) is 35.9 Å². The predicted molar refractivity (Wildman–Crippen MR) is 83.3 cm³/mol. The van der Waals surface area contributed by atoms with E-state index in [-0.39, 0.29) is 11.7 Å². The first-order valence-electron chi connectivity index (χ1n) is 7.06. The lowest BCUT2D eigenvalue weighted by Gasteiger charge is -2.07. The second-order valence-electron chi connectivity index (χ2n) is 5.07. The van der Waals surface area contributed by atoms with Gasteiger partial charge in [-0.05, 0) is 36.8 Å². The third kappa shape index (κ3) is 3.23. The standard InChI is InChI=1S/C18H16N2O2/c1-14-7-9-15(10-8-14)13-20-11-3-2-6-17(20)19-18(21)16-5-4-12-22-16/h2-12H,13H2,1H3. The summed E-state index contributed by atoms with van der Waals surface area (Å²) in [5.41, 5.74) is 2.98. The first kappa shape index (κ1) is 14.1. The van der Waals surface area contributed by atoms with Gasteiger partial charge in [0.05, 0.1) is 6.26 Å². The summed E-state index contributed by atoms with van der Waals surface area (Å²) in [6.45, 7) is 2.72. The van der Waals surface area contributed by atoms with Crippen molar-refractivity contribution in [2.75, 3.05) is 0 Å². The fraction of sp³-hybridized carbons (Fsp3) is 0.111. The van der Waals surface area contributed by atoms with Gasteiger partial charge in [0.15, 0.2) is 5.76 Å². The maximum Gasteiger partial charge on any atom is 0.314 e. The maximum absolute atomic E-state index is 12.1. The molecule has 4 nitrogen and oxygen atoms in total. The predicted octanol–water partition coefficient (Wildman–Crippen LogP) is 3.18. The summed E-state index contributed by atoms with van der Waals surface area (Å²) in [5, 5.41) is 0. The van der Waals surface area contributed by atoms with Crippen molar-refractivity contribution in [3.05, 3.63) is 89.4 Å². The Morgan fingerprint density at radius 2 is 1.91 bits per heavy atom. The molecule has 0 aliphatic carbocycles. The third-order valence-corrected chi connectivity index (χ3v) is 3.34. The van der Waals surface area contributed by atoms with E-state index < -0.39 is 0 Å². The van der Waals surface area contributed by atoms with Crippen LogP contribution in [0, 0.1) is 6.92 Å². The zero-order valence-corrected chi connectivity index (χ0v) is 12.3. The van der Waals surface area contributed by atoms with Crippen LogP contribution >= 0.6 is 0 Å². The number of nitrogens with zero attached hydrogens (tertiary/aromatic N) is 2. The van der Waals surface area contributed by atoms with E-state index >= 15 is 0 Å². The highest BCUT2D eigenvalue weighted by Crippen LogP contribution is 2.05. The van der Waals surface area contributed by atoms with E-state index in [1.165, 1.54) is 11.8 Å². The molecule has 3 rings (SSSR count). The van der Waals surface area contributed by atoms with Gasteiger partial charge in [-0.25, -0.2) is 0 Å². The molecule has 0 aliphatic heterocycles. The molecule has 22 heavy (non-hydrogen) atoms. The molecule has 2 aromatic heterocycles. The van der Waals surface area contributed by atoms with Crippen molar-refractivity contribution in [2.24, 2.45) is 4.99 Å². The highest BCUT2D eigenvalue weighted by molar-refractivity contribution is 5.92. The first-order valence-corrected chi connectivity index (χ1v) is 7.06. The van der Waals surface area contributed by atoms with Crippen LogP contribution in [-0.2, 0) is 6.54 Å². The smallest absolute Gasteiger partial charge is 0.314 e. The SMILES string of the molecule is Cc1ccc(Cn2ccccc2=NC(=O)c2ccco2)cc1. The molecule has 1 aromatic carbocycles. The Morgan fingerprint density at radius 1 is 1.09 bits per heavy atom. The molecule has 0 spiro atoms. The number of rotatable bonds is 3. The van der Waals surface area contributed by atoms with Gasteiger partial charge in [0.25, 0.3) is 0 Å². The molecule has 0 unspecified atom stereocenters. The van der Waals surface area contributed by atoms with Gasteiger partial charge in [0.2, 0.25) is 0 Å². The summed E-state index contributed by atoms with van der Waals surface area (Å²) in [5.74, 6) is -0.139. The Morgan fingerprint density at radius 3 is 2.64 bits per heavy atom. The number of hydrogen-bond donors (Lipinski definition) is 0. The van der Waals surface area contributed by atoms with Gasteiger partial charge in [-0.3, -0.25) is 4.79 Å². The van der Waals surface area contributed by atoms with E-state index in [2.05, 4.69) is 36.2 Å². The summed E-state index contributed by atoms with van der Waals surface area (Å²) >= 11 is 0. The molecule has 1 amide bonds. The fourth-order valence-electron chi connectivity index (χ4n) is 2.15. The van der Waals surface area contributed by atoms with Crippen molar-refractivity contribution >= 4 is 5.91 Å². The molecule has 110 valence electrons. The number of carbonyl (C=O) groups excluding carboxylic acids is 1. The van der Waals surface area contributed by atoms with Crippen LogP contribution in [0.25, 0.3) is 0 Å². The number of furan rings is 1. The Labute approximate surface area is 128 Å². The fourth-order valence-corrected chi connectivity index (χ4v) is 2.15. The van der Waals surface area contributed by atoms with Crippen molar-refractivity contribution in [1.82, 2.24) is 4.57 Å². The third-order valence-electron chi connectivity index (χ3n) is 3.34. The number of carbonyl (C=O) groups is 1. The highest BCUT2D eigenvalue weighted by Gasteiger charge is 2.06. The molecule has 0 aliphatic rings. The zero-order valence-electron chi connectivity index (χ0n) is 12.3. The van der Waals surface area contributed by atoms with Crippen molar-refractivity contribution in [2.45, 2.75) is 13.5 Å². The number of hydrogen-bond acceptors (Lipinski definition) is 2. The molecule has 0 bridgehead atoms. The molecule has 0 saturated heterocycles. The minimum absolute atomic E-state index is 0.241. The van der Waals surface area contributed by atoms with E-state index in [1.807, 2.05) is 29.0 Å². The molecule has 0 fully saturated rings. The quantitative estimate of drug-likeness (QED) is 0.744. The summed E-state index contributed by atoms with van der Waals surface area (Å²) in [6.07, 6.45) is 3.38. The zero-order chi connectivity index (χ0) is 15.4. The van der Waals surface area contributed by atoms with E-state index in [1.54, 1.807) is 12.1 Å². The van der Waals surface area contributed by atoms with Gasteiger partial charge in [0.1, 0.15) is 5.49 Å². The Balaban J connectivity index is 1.93. The molecular formula is C18H16N2O2. The summed E-state index contributed by atoms with van der Waals surface area (Å²) < 4.78 is 7.02. The van der Waals surface area contributed by atoms with E-state index in [0.29, 0.717) is 12.0 Å². The average Bonchev–Trinajstić information content (AvgIpc) is 3.06. The van der Waals surface area contributed by atoms with E-state index in [4.69, 9.17) is 4.42 Å². The molecule has 3 aromatic rings. The number of aryl methyl sites for hydroxylation is 1. The number of aromatic nitrogens is 1. The molecule has 0 saturated carbocycles. The summed E-state index contributed by atoms with van der Waals surface area (Å²) in [4.78, 5) is 16.2. The van der Waals surface area contributed by atoms with Gasteiger partial charge < -0.3 is 8.98 Å². The normalized spacial score (nSPS) is 11.6. The number of amides is 1. The topological polar surface area (TPSA) is 47.5 Å². The highest BCUT2D eigenvalue weighted by atomic mass is 16.3. The number of pyridine rings is 1. The van der Waals surface area contributed by atoms with E-state index in [9.17, 15) is 4.79 Å². The Kier molecular flexibility index (Phi) is 4.01. The maximum atomic E-state index is 12.1. The lowest BCUT2D eigenvalue weighted by molar-refractivity contribution is 0.0970. The first-order chi connectivity index (χ1) is 10.7. The van der Waals surface area contributed by atoms with Crippen LogP contribution in [0.3, 0.4) is 0 Å². The second kappa shape index (κ2) is 6.26. The van der Waals surface area contributed by atoms with Crippen LogP contribution in [0.15, 0.2) is 76.5 Å². The molecule has 0 atom stereocenters. The summed E-state index contributed by atoms with van der Waals surface area (Å²) in [6, 6.07) is 17.2. The van der Waals surface area contributed by atoms with Crippen molar-refractivity contribution < 1.29 is 9.21 Å². The van der Waals surface area contributed by atoms with Gasteiger partial charge in [-0.15, -0.1) is 0 Å². The van der Waals surface area contributed by atoms with Gasteiger partial charge in [0, 0.05) is 12.7 Å².